The largest absolute Gasteiger partial charge is 0.478 e. The number of rotatable bonds is 6. The molecule has 4 aromatic rings. The number of carbonyl (C=O) groups is 2. The molecule has 0 aliphatic carbocycles. The highest BCUT2D eigenvalue weighted by Crippen LogP contribution is 2.37. The number of anilines is 4. The smallest absolute Gasteiger partial charge is 0.416 e. The molecule has 0 aliphatic heterocycles. The van der Waals surface area contributed by atoms with Crippen molar-refractivity contribution in [1.82, 2.24) is 0 Å². The van der Waals surface area contributed by atoms with Crippen molar-refractivity contribution >= 4 is 34.6 Å². The Morgan fingerprint density at radius 3 is 1.87 bits per heavy atom. The quantitative estimate of drug-likeness (QED) is 0.241. The van der Waals surface area contributed by atoms with Crippen LogP contribution in [0.1, 0.15) is 31.8 Å². The number of carbonyl (C=O) groups excluding carboxylic acids is 1. The summed E-state index contributed by atoms with van der Waals surface area (Å²) in [6, 6.07) is 19.0. The van der Waals surface area contributed by atoms with Crippen molar-refractivity contribution in [3.8, 4) is 0 Å². The maximum atomic E-state index is 14.0. The van der Waals surface area contributed by atoms with Crippen molar-refractivity contribution in [2.45, 2.75) is 12.4 Å². The fourth-order valence-corrected chi connectivity index (χ4v) is 3.86. The van der Waals surface area contributed by atoms with Gasteiger partial charge in [-0.05, 0) is 60.7 Å². The third-order valence-electron chi connectivity index (χ3n) is 5.64. The van der Waals surface area contributed by atoms with E-state index in [1.165, 1.54) is 66.7 Å². The summed E-state index contributed by atoms with van der Waals surface area (Å²) in [5, 5.41) is 12.5. The van der Waals surface area contributed by atoms with E-state index in [4.69, 9.17) is 0 Å². The van der Waals surface area contributed by atoms with Gasteiger partial charge in [0.25, 0.3) is 5.91 Å². The zero-order valence-electron chi connectivity index (χ0n) is 19.7. The lowest BCUT2D eigenvalue weighted by molar-refractivity contribution is -0.138. The molecule has 0 bridgehead atoms. The van der Waals surface area contributed by atoms with Crippen molar-refractivity contribution in [2.75, 3.05) is 10.2 Å². The number of hydrogen-bond acceptors (Lipinski definition) is 3. The summed E-state index contributed by atoms with van der Waals surface area (Å²) >= 11 is 0. The molecule has 0 unspecified atom stereocenters. The molecule has 0 aromatic heterocycles. The number of halogens is 6. The number of carboxylic acid groups (broad SMARTS) is 1. The minimum atomic E-state index is -4.75. The fourth-order valence-electron chi connectivity index (χ4n) is 3.86. The Morgan fingerprint density at radius 1 is 0.667 bits per heavy atom. The zero-order valence-corrected chi connectivity index (χ0v) is 19.7. The van der Waals surface area contributed by atoms with Gasteiger partial charge in [0.05, 0.1) is 33.6 Å². The summed E-state index contributed by atoms with van der Waals surface area (Å²) < 4.78 is 80.1. The molecule has 0 fully saturated rings. The first-order valence-corrected chi connectivity index (χ1v) is 11.2. The third kappa shape index (κ3) is 6.03. The van der Waals surface area contributed by atoms with Crippen LogP contribution in [0.5, 0.6) is 0 Å². The van der Waals surface area contributed by atoms with E-state index in [1.54, 1.807) is 0 Å². The normalized spacial score (nSPS) is 11.6. The highest BCUT2D eigenvalue weighted by molar-refractivity contribution is 6.16. The second kappa shape index (κ2) is 10.5. The molecule has 0 atom stereocenters. The van der Waals surface area contributed by atoms with Crippen molar-refractivity contribution in [2.24, 2.45) is 0 Å². The molecule has 1 amide bonds. The van der Waals surface area contributed by atoms with E-state index in [9.17, 15) is 41.0 Å². The molecule has 39 heavy (non-hydrogen) atoms. The van der Waals surface area contributed by atoms with E-state index in [0.29, 0.717) is 6.07 Å². The van der Waals surface area contributed by atoms with Gasteiger partial charge in [-0.1, -0.05) is 36.4 Å². The summed E-state index contributed by atoms with van der Waals surface area (Å²) in [6.07, 6.45) is -9.37. The van der Waals surface area contributed by atoms with Crippen LogP contribution in [0.2, 0.25) is 0 Å². The molecular weight excluding hydrogens is 526 g/mol. The van der Waals surface area contributed by atoms with Gasteiger partial charge >= 0.3 is 18.3 Å². The molecule has 0 heterocycles. The van der Waals surface area contributed by atoms with Crippen molar-refractivity contribution < 1.29 is 41.0 Å². The number of para-hydroxylation sites is 2. The van der Waals surface area contributed by atoms with Crippen molar-refractivity contribution in [3.05, 3.63) is 119 Å². The second-order valence-corrected chi connectivity index (χ2v) is 8.26. The van der Waals surface area contributed by atoms with Crippen molar-refractivity contribution in [3.63, 3.8) is 0 Å². The van der Waals surface area contributed by atoms with Gasteiger partial charge in [-0.2, -0.15) is 26.3 Å². The average molecular weight is 544 g/mol. The van der Waals surface area contributed by atoms with Crippen LogP contribution in [-0.4, -0.2) is 17.0 Å². The van der Waals surface area contributed by atoms with Gasteiger partial charge in [-0.3, -0.25) is 9.69 Å². The molecule has 0 aliphatic rings. The Morgan fingerprint density at radius 2 is 1.23 bits per heavy atom. The van der Waals surface area contributed by atoms with Crippen LogP contribution in [0.4, 0.5) is 49.1 Å². The number of benzene rings is 4. The molecule has 0 spiro atoms. The van der Waals surface area contributed by atoms with Gasteiger partial charge in [0, 0.05) is 11.4 Å². The summed E-state index contributed by atoms with van der Waals surface area (Å²) in [4.78, 5) is 26.7. The predicted octanol–water partition coefficient (Wildman–Crippen LogP) is 8.14. The molecule has 4 aromatic carbocycles. The minimum Gasteiger partial charge on any atom is -0.478 e. The summed E-state index contributed by atoms with van der Waals surface area (Å²) in [5.74, 6) is -2.34. The number of aromatic carboxylic acids is 1. The average Bonchev–Trinajstić information content (AvgIpc) is 2.89. The number of alkyl halides is 6. The summed E-state index contributed by atoms with van der Waals surface area (Å²) in [5.41, 5.74) is -2.91. The predicted molar refractivity (Wildman–Crippen MR) is 132 cm³/mol. The number of nitrogens with zero attached hydrogens (tertiary/aromatic N) is 1. The molecule has 200 valence electrons. The molecular formula is C28H18F6N2O3. The van der Waals surface area contributed by atoms with Crippen LogP contribution < -0.4 is 10.2 Å². The topological polar surface area (TPSA) is 69.6 Å². The van der Waals surface area contributed by atoms with Crippen LogP contribution in [-0.2, 0) is 12.4 Å². The molecule has 0 saturated heterocycles. The van der Waals surface area contributed by atoms with Gasteiger partial charge in [-0.25, -0.2) is 4.79 Å². The maximum Gasteiger partial charge on any atom is 0.416 e. The Hall–Kier alpha value is -4.80. The van der Waals surface area contributed by atoms with E-state index in [2.05, 4.69) is 5.32 Å². The Bertz CT molecular complexity index is 1530. The summed E-state index contributed by atoms with van der Waals surface area (Å²) in [7, 11) is 0. The molecule has 0 radical (unpaired) electrons. The molecule has 0 saturated carbocycles. The van der Waals surface area contributed by atoms with Gasteiger partial charge in [0.15, 0.2) is 0 Å². The first-order valence-electron chi connectivity index (χ1n) is 11.2. The Kier molecular flexibility index (Phi) is 7.35. The second-order valence-electron chi connectivity index (χ2n) is 8.26. The highest BCUT2D eigenvalue weighted by Gasteiger charge is 2.33. The molecule has 5 nitrogen and oxygen atoms in total. The first-order chi connectivity index (χ1) is 18.4. The van der Waals surface area contributed by atoms with E-state index in [-0.39, 0.29) is 33.9 Å². The zero-order chi connectivity index (χ0) is 28.4. The maximum absolute atomic E-state index is 14.0. The fraction of sp³-hybridized carbons (Fsp3) is 0.0714. The van der Waals surface area contributed by atoms with Crippen molar-refractivity contribution in [1.29, 1.82) is 0 Å². The number of nitrogens with one attached hydrogen (secondary N) is 1. The monoisotopic (exact) mass is 544 g/mol. The van der Waals surface area contributed by atoms with Crippen LogP contribution in [0.25, 0.3) is 0 Å². The lowest BCUT2D eigenvalue weighted by Crippen LogP contribution is -2.28. The van der Waals surface area contributed by atoms with Crippen LogP contribution >= 0.6 is 0 Å². The third-order valence-corrected chi connectivity index (χ3v) is 5.64. The Balaban J connectivity index is 1.85. The van der Waals surface area contributed by atoms with Gasteiger partial charge < -0.3 is 10.4 Å². The van der Waals surface area contributed by atoms with E-state index in [1.807, 2.05) is 0 Å². The summed E-state index contributed by atoms with van der Waals surface area (Å²) in [6.45, 7) is 0. The Labute approximate surface area is 217 Å². The van der Waals surface area contributed by atoms with E-state index < -0.39 is 35.4 Å². The SMILES string of the molecule is O=C(O)c1ccccc1N(C(=O)c1ccccc1Nc1cccc(C(F)(F)F)c1)c1cccc(C(F)(F)F)c1. The van der Waals surface area contributed by atoms with E-state index >= 15 is 0 Å². The molecule has 2 N–H and O–H groups in total. The molecule has 4 rings (SSSR count). The first kappa shape index (κ1) is 27.2. The van der Waals surface area contributed by atoms with E-state index in [0.717, 1.165) is 29.2 Å². The standard InChI is InChI=1S/C28H18F6N2O3/c29-27(30,31)17-7-5-9-19(15-17)35-23-13-3-1-11-21(23)25(37)36(24-14-4-2-12-22(24)26(38)39)20-10-6-8-18(16-20)28(32,33)34/h1-16,35H,(H,38,39). The van der Waals surface area contributed by atoms with Crippen LogP contribution in [0.3, 0.4) is 0 Å². The lowest BCUT2D eigenvalue weighted by atomic mass is 10.1. The van der Waals surface area contributed by atoms with Gasteiger partial charge in [0.2, 0.25) is 0 Å². The van der Waals surface area contributed by atoms with Gasteiger partial charge in [-0.15, -0.1) is 0 Å². The lowest BCUT2D eigenvalue weighted by Gasteiger charge is -2.26. The van der Waals surface area contributed by atoms with Gasteiger partial charge in [0.1, 0.15) is 0 Å². The highest BCUT2D eigenvalue weighted by atomic mass is 19.4. The van der Waals surface area contributed by atoms with Crippen LogP contribution in [0.15, 0.2) is 97.1 Å². The van der Waals surface area contributed by atoms with Crippen LogP contribution in [0, 0.1) is 0 Å². The minimum absolute atomic E-state index is 0.00151. The number of amides is 1. The number of carboxylic acids is 1. The molecule has 11 heteroatoms. The number of hydrogen-bond donors (Lipinski definition) is 2.